The van der Waals surface area contributed by atoms with E-state index in [-0.39, 0.29) is 5.91 Å². The molecule has 2 heterocycles. The average molecular weight is 439 g/mol. The zero-order valence-corrected chi connectivity index (χ0v) is 19.3. The maximum absolute atomic E-state index is 13.5. The normalized spacial score (nSPS) is 17.8. The number of hydrogen-bond acceptors (Lipinski definition) is 4. The van der Waals surface area contributed by atoms with E-state index >= 15 is 0 Å². The third-order valence-corrected chi connectivity index (χ3v) is 6.53. The van der Waals surface area contributed by atoms with Gasteiger partial charge in [-0.15, -0.1) is 0 Å². The van der Waals surface area contributed by atoms with E-state index in [0.717, 1.165) is 43.1 Å². The molecule has 3 aromatic carbocycles. The van der Waals surface area contributed by atoms with Crippen LogP contribution in [0.15, 0.2) is 83.9 Å². The van der Waals surface area contributed by atoms with Crippen LogP contribution in [-0.2, 0) is 4.79 Å². The number of fused-ring (bicyclic) bond motifs is 1. The van der Waals surface area contributed by atoms with E-state index in [2.05, 4.69) is 60.0 Å². The third kappa shape index (κ3) is 4.41. The van der Waals surface area contributed by atoms with Crippen LogP contribution in [0.3, 0.4) is 0 Å². The molecule has 0 unspecified atom stereocenters. The van der Waals surface area contributed by atoms with Gasteiger partial charge in [-0.1, -0.05) is 62.4 Å². The number of carbonyl (C=O) groups is 1. The quantitative estimate of drug-likeness (QED) is 0.559. The Labute approximate surface area is 196 Å². The Morgan fingerprint density at radius 3 is 2.18 bits per heavy atom. The summed E-state index contributed by atoms with van der Waals surface area (Å²) in [6.45, 7) is 8.69. The number of piperazine rings is 1. The summed E-state index contributed by atoms with van der Waals surface area (Å²) in [4.78, 5) is 24.9. The lowest BCUT2D eigenvalue weighted by Crippen LogP contribution is -2.51. The Morgan fingerprint density at radius 2 is 1.48 bits per heavy atom. The van der Waals surface area contributed by atoms with Gasteiger partial charge in [-0.2, -0.15) is 0 Å². The minimum atomic E-state index is -0.0189. The van der Waals surface area contributed by atoms with Crippen molar-refractivity contribution < 1.29 is 4.79 Å². The molecule has 2 aliphatic rings. The van der Waals surface area contributed by atoms with Crippen molar-refractivity contribution in [2.24, 2.45) is 4.99 Å². The van der Waals surface area contributed by atoms with Gasteiger partial charge in [0.25, 0.3) is 5.91 Å². The lowest BCUT2D eigenvalue weighted by molar-refractivity contribution is -0.112. The first-order chi connectivity index (χ1) is 16.1. The molecule has 5 nitrogen and oxygen atoms in total. The van der Waals surface area contributed by atoms with Crippen molar-refractivity contribution in [3.8, 4) is 0 Å². The van der Waals surface area contributed by atoms with E-state index in [1.807, 2.05) is 47.4 Å². The Hall–Kier alpha value is -3.44. The SMILES string of the molecule is CC(C)c1ccc(N=C2C(=O)N(CN3CCN(c4ccccc4)CC3)c3ccccc32)cc1. The molecule has 0 radical (unpaired) electrons. The van der Waals surface area contributed by atoms with Crippen molar-refractivity contribution in [3.05, 3.63) is 90.0 Å². The number of amides is 1. The molecule has 2 aliphatic heterocycles. The van der Waals surface area contributed by atoms with E-state index in [1.165, 1.54) is 11.3 Å². The third-order valence-electron chi connectivity index (χ3n) is 6.53. The van der Waals surface area contributed by atoms with Crippen molar-refractivity contribution in [1.29, 1.82) is 0 Å². The Morgan fingerprint density at radius 1 is 0.818 bits per heavy atom. The summed E-state index contributed by atoms with van der Waals surface area (Å²) in [5, 5.41) is 0. The van der Waals surface area contributed by atoms with Crippen molar-refractivity contribution >= 4 is 28.7 Å². The molecule has 0 aliphatic carbocycles. The summed E-state index contributed by atoms with van der Waals surface area (Å²) in [6.07, 6.45) is 0. The highest BCUT2D eigenvalue weighted by Gasteiger charge is 2.35. The largest absolute Gasteiger partial charge is 0.369 e. The van der Waals surface area contributed by atoms with Crippen LogP contribution in [0.5, 0.6) is 0 Å². The molecule has 168 valence electrons. The smallest absolute Gasteiger partial charge is 0.278 e. The monoisotopic (exact) mass is 438 g/mol. The molecule has 5 heteroatoms. The van der Waals surface area contributed by atoms with Crippen molar-refractivity contribution in [2.75, 3.05) is 42.6 Å². The second-order valence-corrected chi connectivity index (χ2v) is 9.04. The number of hydrogen-bond donors (Lipinski definition) is 0. The second kappa shape index (κ2) is 9.20. The fraction of sp³-hybridized carbons (Fsp3) is 0.286. The van der Waals surface area contributed by atoms with Gasteiger partial charge in [-0.05, 0) is 41.8 Å². The highest BCUT2D eigenvalue weighted by atomic mass is 16.2. The number of nitrogens with zero attached hydrogens (tertiary/aromatic N) is 4. The highest BCUT2D eigenvalue weighted by Crippen LogP contribution is 2.31. The lowest BCUT2D eigenvalue weighted by atomic mass is 10.0. The number of aliphatic imine (C=N–C) groups is 1. The molecule has 0 bridgehead atoms. The van der Waals surface area contributed by atoms with Crippen LogP contribution >= 0.6 is 0 Å². The summed E-state index contributed by atoms with van der Waals surface area (Å²) in [6, 6.07) is 26.7. The van der Waals surface area contributed by atoms with Crippen LogP contribution in [0.2, 0.25) is 0 Å². The molecule has 0 saturated carbocycles. The van der Waals surface area contributed by atoms with Gasteiger partial charge in [0, 0.05) is 37.4 Å². The van der Waals surface area contributed by atoms with E-state index < -0.39 is 0 Å². The second-order valence-electron chi connectivity index (χ2n) is 9.04. The van der Waals surface area contributed by atoms with E-state index in [4.69, 9.17) is 4.99 Å². The summed E-state index contributed by atoms with van der Waals surface area (Å²) >= 11 is 0. The first-order valence-corrected chi connectivity index (χ1v) is 11.7. The van der Waals surface area contributed by atoms with E-state index in [9.17, 15) is 4.79 Å². The molecule has 0 spiro atoms. The molecule has 5 rings (SSSR count). The van der Waals surface area contributed by atoms with Crippen molar-refractivity contribution in [2.45, 2.75) is 19.8 Å². The molecule has 1 amide bonds. The van der Waals surface area contributed by atoms with Crippen LogP contribution in [-0.4, -0.2) is 49.4 Å². The Kier molecular flexibility index (Phi) is 5.97. The lowest BCUT2D eigenvalue weighted by Gasteiger charge is -2.37. The molecular formula is C28H30N4O. The average Bonchev–Trinajstić information content (AvgIpc) is 3.11. The molecular weight excluding hydrogens is 408 g/mol. The van der Waals surface area contributed by atoms with Gasteiger partial charge >= 0.3 is 0 Å². The molecule has 3 aromatic rings. The molecule has 0 atom stereocenters. The van der Waals surface area contributed by atoms with Gasteiger partial charge in [0.05, 0.1) is 18.0 Å². The van der Waals surface area contributed by atoms with Gasteiger partial charge < -0.3 is 4.90 Å². The Balaban J connectivity index is 1.33. The number of anilines is 2. The van der Waals surface area contributed by atoms with Gasteiger partial charge in [-0.3, -0.25) is 14.6 Å². The minimum absolute atomic E-state index is 0.0189. The zero-order valence-electron chi connectivity index (χ0n) is 19.3. The summed E-state index contributed by atoms with van der Waals surface area (Å²) < 4.78 is 0. The van der Waals surface area contributed by atoms with Gasteiger partial charge in [0.15, 0.2) is 0 Å². The predicted molar refractivity (Wildman–Crippen MR) is 136 cm³/mol. The highest BCUT2D eigenvalue weighted by molar-refractivity contribution is 6.54. The fourth-order valence-electron chi connectivity index (χ4n) is 4.56. The van der Waals surface area contributed by atoms with Crippen molar-refractivity contribution in [1.82, 2.24) is 4.90 Å². The first-order valence-electron chi connectivity index (χ1n) is 11.7. The standard InChI is InChI=1S/C28H30N4O/c1-21(2)22-12-14-23(15-13-22)29-27-25-10-6-7-11-26(25)32(28(27)33)20-30-16-18-31(19-17-30)24-8-4-3-5-9-24/h3-15,21H,16-20H2,1-2H3. The molecule has 0 aromatic heterocycles. The topological polar surface area (TPSA) is 39.2 Å². The number of benzene rings is 3. The Bertz CT molecular complexity index is 1150. The van der Waals surface area contributed by atoms with Crippen LogP contribution in [0.25, 0.3) is 0 Å². The van der Waals surface area contributed by atoms with Gasteiger partial charge in [0.1, 0.15) is 5.71 Å². The number of para-hydroxylation sites is 2. The van der Waals surface area contributed by atoms with Gasteiger partial charge in [-0.25, -0.2) is 4.99 Å². The molecule has 0 N–H and O–H groups in total. The molecule has 33 heavy (non-hydrogen) atoms. The summed E-state index contributed by atoms with van der Waals surface area (Å²) in [5.41, 5.74) is 5.75. The maximum atomic E-state index is 13.5. The number of rotatable bonds is 5. The van der Waals surface area contributed by atoms with Gasteiger partial charge in [0.2, 0.25) is 0 Å². The van der Waals surface area contributed by atoms with Crippen LogP contribution in [0, 0.1) is 0 Å². The van der Waals surface area contributed by atoms with E-state index in [1.54, 1.807) is 0 Å². The van der Waals surface area contributed by atoms with Crippen molar-refractivity contribution in [3.63, 3.8) is 0 Å². The summed E-state index contributed by atoms with van der Waals surface area (Å²) in [5.74, 6) is 0.452. The van der Waals surface area contributed by atoms with Crippen LogP contribution in [0.1, 0.15) is 30.9 Å². The molecule has 1 saturated heterocycles. The number of carbonyl (C=O) groups excluding carboxylic acids is 1. The van der Waals surface area contributed by atoms with Crippen LogP contribution in [0.4, 0.5) is 17.1 Å². The molecule has 1 fully saturated rings. The fourth-order valence-corrected chi connectivity index (χ4v) is 4.56. The van der Waals surface area contributed by atoms with E-state index in [0.29, 0.717) is 18.3 Å². The zero-order chi connectivity index (χ0) is 22.8. The minimum Gasteiger partial charge on any atom is -0.369 e. The summed E-state index contributed by atoms with van der Waals surface area (Å²) in [7, 11) is 0. The predicted octanol–water partition coefficient (Wildman–Crippen LogP) is 5.06. The maximum Gasteiger partial charge on any atom is 0.278 e. The first kappa shape index (κ1) is 21.4. The van der Waals surface area contributed by atoms with Crippen LogP contribution < -0.4 is 9.80 Å².